The van der Waals surface area contributed by atoms with Crippen LogP contribution < -0.4 is 5.32 Å². The van der Waals surface area contributed by atoms with Crippen molar-refractivity contribution < 1.29 is 4.74 Å². The van der Waals surface area contributed by atoms with E-state index in [4.69, 9.17) is 4.74 Å². The number of hydrogen-bond acceptors (Lipinski definition) is 3. The van der Waals surface area contributed by atoms with E-state index >= 15 is 0 Å². The van der Waals surface area contributed by atoms with Crippen LogP contribution in [0.15, 0.2) is 24.3 Å². The molecule has 0 radical (unpaired) electrons. The lowest BCUT2D eigenvalue weighted by atomic mass is 9.99. The van der Waals surface area contributed by atoms with E-state index in [2.05, 4.69) is 48.5 Å². The standard InChI is InChI=1S/C16H28N2O/c1-5-19-13-12-18(4)11-10-16(17-3)15-9-7-6-8-14(15)2/h6-9,16-17H,5,10-13H2,1-4H3. The second kappa shape index (κ2) is 9.08. The van der Waals surface area contributed by atoms with E-state index in [1.165, 1.54) is 11.1 Å². The van der Waals surface area contributed by atoms with Gasteiger partial charge in [-0.3, -0.25) is 0 Å². The summed E-state index contributed by atoms with van der Waals surface area (Å²) in [4.78, 5) is 2.33. The molecule has 0 aromatic heterocycles. The minimum Gasteiger partial charge on any atom is -0.380 e. The van der Waals surface area contributed by atoms with Crippen LogP contribution in [0.2, 0.25) is 0 Å². The third-order valence-corrected chi connectivity index (χ3v) is 3.53. The van der Waals surface area contributed by atoms with Gasteiger partial charge in [0, 0.05) is 19.2 Å². The molecule has 0 aliphatic rings. The van der Waals surface area contributed by atoms with Gasteiger partial charge in [-0.25, -0.2) is 0 Å². The number of nitrogens with zero attached hydrogens (tertiary/aromatic N) is 1. The predicted octanol–water partition coefficient (Wildman–Crippen LogP) is 2.61. The van der Waals surface area contributed by atoms with E-state index < -0.39 is 0 Å². The van der Waals surface area contributed by atoms with E-state index in [9.17, 15) is 0 Å². The van der Waals surface area contributed by atoms with Gasteiger partial charge in [0.25, 0.3) is 0 Å². The highest BCUT2D eigenvalue weighted by Crippen LogP contribution is 2.20. The summed E-state index contributed by atoms with van der Waals surface area (Å²) >= 11 is 0. The number of likely N-dealkylation sites (N-methyl/N-ethyl adjacent to an activating group) is 1. The Hall–Kier alpha value is -0.900. The van der Waals surface area contributed by atoms with E-state index in [1.807, 2.05) is 14.0 Å². The van der Waals surface area contributed by atoms with E-state index in [1.54, 1.807) is 0 Å². The van der Waals surface area contributed by atoms with Crippen LogP contribution in [0.1, 0.15) is 30.5 Å². The van der Waals surface area contributed by atoms with Gasteiger partial charge in [0.15, 0.2) is 0 Å². The first-order chi connectivity index (χ1) is 9.19. The van der Waals surface area contributed by atoms with Gasteiger partial charge >= 0.3 is 0 Å². The van der Waals surface area contributed by atoms with Gasteiger partial charge in [0.05, 0.1) is 6.61 Å². The minimum absolute atomic E-state index is 0.427. The summed E-state index contributed by atoms with van der Waals surface area (Å²) in [6, 6.07) is 9.04. The van der Waals surface area contributed by atoms with Crippen LogP contribution in [0.4, 0.5) is 0 Å². The Bertz CT molecular complexity index is 354. The van der Waals surface area contributed by atoms with Crippen LogP contribution in [0.5, 0.6) is 0 Å². The fourth-order valence-electron chi connectivity index (χ4n) is 2.26. The van der Waals surface area contributed by atoms with Crippen molar-refractivity contribution in [1.82, 2.24) is 10.2 Å². The number of aryl methyl sites for hydroxylation is 1. The lowest BCUT2D eigenvalue weighted by molar-refractivity contribution is 0.121. The van der Waals surface area contributed by atoms with Crippen molar-refractivity contribution in [3.63, 3.8) is 0 Å². The van der Waals surface area contributed by atoms with Crippen LogP contribution in [0.3, 0.4) is 0 Å². The summed E-state index contributed by atoms with van der Waals surface area (Å²) in [6.07, 6.45) is 1.12. The highest BCUT2D eigenvalue weighted by Gasteiger charge is 2.12. The summed E-state index contributed by atoms with van der Waals surface area (Å²) in [5.74, 6) is 0. The van der Waals surface area contributed by atoms with Gasteiger partial charge in [-0.2, -0.15) is 0 Å². The highest BCUT2D eigenvalue weighted by molar-refractivity contribution is 5.28. The first-order valence-corrected chi connectivity index (χ1v) is 7.18. The molecule has 108 valence electrons. The lowest BCUT2D eigenvalue weighted by Crippen LogP contribution is -2.28. The highest BCUT2D eigenvalue weighted by atomic mass is 16.5. The molecule has 1 atom stereocenters. The molecule has 0 aliphatic heterocycles. The molecule has 0 saturated heterocycles. The van der Waals surface area contributed by atoms with Gasteiger partial charge < -0.3 is 15.0 Å². The molecule has 1 aromatic rings. The molecule has 19 heavy (non-hydrogen) atoms. The largest absolute Gasteiger partial charge is 0.380 e. The van der Waals surface area contributed by atoms with Crippen molar-refractivity contribution in [2.45, 2.75) is 26.3 Å². The second-order valence-corrected chi connectivity index (χ2v) is 4.99. The molecule has 0 heterocycles. The molecule has 1 N–H and O–H groups in total. The number of nitrogens with one attached hydrogen (secondary N) is 1. The van der Waals surface area contributed by atoms with Crippen LogP contribution in [-0.2, 0) is 4.74 Å². The molecule has 0 fully saturated rings. The summed E-state index contributed by atoms with van der Waals surface area (Å²) < 4.78 is 5.38. The molecule has 1 aromatic carbocycles. The quantitative estimate of drug-likeness (QED) is 0.694. The zero-order chi connectivity index (χ0) is 14.1. The van der Waals surface area contributed by atoms with Gasteiger partial charge in [0.1, 0.15) is 0 Å². The van der Waals surface area contributed by atoms with Crippen LogP contribution >= 0.6 is 0 Å². The van der Waals surface area contributed by atoms with E-state index in [-0.39, 0.29) is 0 Å². The third-order valence-electron chi connectivity index (χ3n) is 3.53. The molecular weight excluding hydrogens is 236 g/mol. The fraction of sp³-hybridized carbons (Fsp3) is 0.625. The molecule has 0 spiro atoms. The smallest absolute Gasteiger partial charge is 0.0593 e. The van der Waals surface area contributed by atoms with Crippen molar-refractivity contribution in [3.8, 4) is 0 Å². The Labute approximate surface area is 118 Å². The Morgan fingerprint density at radius 2 is 2.00 bits per heavy atom. The SMILES string of the molecule is CCOCCN(C)CCC(NC)c1ccccc1C. The molecule has 0 aliphatic carbocycles. The van der Waals surface area contributed by atoms with Crippen molar-refractivity contribution in [3.05, 3.63) is 35.4 Å². The number of ether oxygens (including phenoxy) is 1. The Morgan fingerprint density at radius 3 is 2.63 bits per heavy atom. The Kier molecular flexibility index (Phi) is 7.72. The Balaban J connectivity index is 2.43. The number of rotatable bonds is 9. The summed E-state index contributed by atoms with van der Waals surface area (Å²) in [5, 5.41) is 3.42. The molecule has 3 nitrogen and oxygen atoms in total. The number of benzene rings is 1. The van der Waals surface area contributed by atoms with E-state index in [0.29, 0.717) is 6.04 Å². The average molecular weight is 264 g/mol. The third kappa shape index (κ3) is 5.72. The van der Waals surface area contributed by atoms with Crippen molar-refractivity contribution in [1.29, 1.82) is 0 Å². The maximum atomic E-state index is 5.38. The molecule has 1 unspecified atom stereocenters. The molecule has 0 saturated carbocycles. The summed E-state index contributed by atoms with van der Waals surface area (Å²) in [7, 11) is 4.20. The van der Waals surface area contributed by atoms with Crippen molar-refractivity contribution in [2.24, 2.45) is 0 Å². The first kappa shape index (κ1) is 16.2. The molecule has 3 heteroatoms. The molecular formula is C16H28N2O. The van der Waals surface area contributed by atoms with Crippen LogP contribution in [-0.4, -0.2) is 45.3 Å². The molecule has 0 amide bonds. The average Bonchev–Trinajstić information content (AvgIpc) is 2.41. The van der Waals surface area contributed by atoms with Crippen LogP contribution in [0, 0.1) is 6.92 Å². The first-order valence-electron chi connectivity index (χ1n) is 7.18. The Morgan fingerprint density at radius 1 is 1.26 bits per heavy atom. The van der Waals surface area contributed by atoms with Gasteiger partial charge in [-0.15, -0.1) is 0 Å². The lowest BCUT2D eigenvalue weighted by Gasteiger charge is -2.23. The molecule has 1 rings (SSSR count). The maximum Gasteiger partial charge on any atom is 0.0593 e. The second-order valence-electron chi connectivity index (χ2n) is 4.99. The topological polar surface area (TPSA) is 24.5 Å². The fourth-order valence-corrected chi connectivity index (χ4v) is 2.26. The maximum absolute atomic E-state index is 5.38. The number of hydrogen-bond donors (Lipinski definition) is 1. The monoisotopic (exact) mass is 264 g/mol. The molecule has 0 bridgehead atoms. The predicted molar refractivity (Wildman–Crippen MR) is 81.6 cm³/mol. The summed E-state index contributed by atoms with van der Waals surface area (Å²) in [6.45, 7) is 7.91. The normalized spacial score (nSPS) is 12.9. The zero-order valence-electron chi connectivity index (χ0n) is 12.8. The van der Waals surface area contributed by atoms with Gasteiger partial charge in [-0.1, -0.05) is 24.3 Å². The summed E-state index contributed by atoms with van der Waals surface area (Å²) in [5.41, 5.74) is 2.77. The zero-order valence-corrected chi connectivity index (χ0v) is 12.8. The van der Waals surface area contributed by atoms with E-state index in [0.717, 1.165) is 32.7 Å². The van der Waals surface area contributed by atoms with Gasteiger partial charge in [-0.05, 0) is 52.0 Å². The minimum atomic E-state index is 0.427. The van der Waals surface area contributed by atoms with Crippen molar-refractivity contribution >= 4 is 0 Å². The van der Waals surface area contributed by atoms with Crippen molar-refractivity contribution in [2.75, 3.05) is 40.4 Å². The van der Waals surface area contributed by atoms with Crippen LogP contribution in [0.25, 0.3) is 0 Å². The van der Waals surface area contributed by atoms with Gasteiger partial charge in [0.2, 0.25) is 0 Å².